The highest BCUT2D eigenvalue weighted by atomic mass is 35.5. The first-order chi connectivity index (χ1) is 13.2. The summed E-state index contributed by atoms with van der Waals surface area (Å²) in [6.07, 6.45) is 0. The lowest BCUT2D eigenvalue weighted by atomic mass is 10.1. The molecule has 7 nitrogen and oxygen atoms in total. The minimum atomic E-state index is -0.666. The van der Waals surface area contributed by atoms with E-state index >= 15 is 0 Å². The van der Waals surface area contributed by atoms with E-state index in [9.17, 15) is 14.4 Å². The fourth-order valence-electron chi connectivity index (χ4n) is 2.38. The molecule has 0 aromatic heterocycles. The highest BCUT2D eigenvalue weighted by molar-refractivity contribution is 6.35. The second-order valence-corrected chi connectivity index (χ2v) is 6.50. The number of amides is 1. The van der Waals surface area contributed by atoms with Crippen LogP contribution >= 0.6 is 23.2 Å². The lowest BCUT2D eigenvalue weighted by Gasteiger charge is -2.12. The molecule has 0 aliphatic rings. The molecule has 0 saturated carbocycles. The number of carbonyl (C=O) groups is 3. The van der Waals surface area contributed by atoms with Crippen molar-refractivity contribution in [3.63, 3.8) is 0 Å². The van der Waals surface area contributed by atoms with Crippen LogP contribution in [-0.4, -0.2) is 38.7 Å². The lowest BCUT2D eigenvalue weighted by molar-refractivity contribution is -0.118. The Morgan fingerprint density at radius 2 is 1.50 bits per heavy atom. The third-order valence-corrected chi connectivity index (χ3v) is 4.10. The molecule has 0 aliphatic heterocycles. The van der Waals surface area contributed by atoms with Crippen LogP contribution in [0.4, 0.5) is 5.69 Å². The zero-order chi connectivity index (χ0) is 20.8. The predicted molar refractivity (Wildman–Crippen MR) is 104 cm³/mol. The Hall–Kier alpha value is -2.77. The minimum Gasteiger partial charge on any atom is -0.482 e. The SMILES string of the molecule is COC(=O)c1cc(NC(=O)COc2c(C)cc(Cl)cc2Cl)cc(C(=O)OC)c1. The third kappa shape index (κ3) is 5.37. The van der Waals surface area contributed by atoms with E-state index in [1.807, 2.05) is 0 Å². The van der Waals surface area contributed by atoms with Gasteiger partial charge in [-0.3, -0.25) is 4.79 Å². The number of methoxy groups -OCH3 is 2. The third-order valence-electron chi connectivity index (χ3n) is 3.60. The molecule has 0 atom stereocenters. The number of rotatable bonds is 6. The van der Waals surface area contributed by atoms with Gasteiger partial charge in [-0.1, -0.05) is 23.2 Å². The lowest BCUT2D eigenvalue weighted by Crippen LogP contribution is -2.21. The van der Waals surface area contributed by atoms with Gasteiger partial charge in [0.1, 0.15) is 5.75 Å². The Morgan fingerprint density at radius 3 is 2.00 bits per heavy atom. The van der Waals surface area contributed by atoms with Crippen molar-refractivity contribution >= 4 is 46.7 Å². The molecule has 2 rings (SSSR count). The topological polar surface area (TPSA) is 90.9 Å². The van der Waals surface area contributed by atoms with Gasteiger partial charge in [-0.2, -0.15) is 0 Å². The largest absolute Gasteiger partial charge is 0.482 e. The van der Waals surface area contributed by atoms with Crippen molar-refractivity contribution in [1.29, 1.82) is 0 Å². The van der Waals surface area contributed by atoms with E-state index in [2.05, 4.69) is 14.8 Å². The summed E-state index contributed by atoms with van der Waals surface area (Å²) in [6.45, 7) is 1.39. The van der Waals surface area contributed by atoms with Crippen LogP contribution in [0.15, 0.2) is 30.3 Å². The molecule has 2 aromatic rings. The molecule has 0 unspecified atom stereocenters. The molecule has 28 heavy (non-hydrogen) atoms. The van der Waals surface area contributed by atoms with Crippen LogP contribution < -0.4 is 10.1 Å². The van der Waals surface area contributed by atoms with E-state index in [0.717, 1.165) is 0 Å². The van der Waals surface area contributed by atoms with E-state index in [1.54, 1.807) is 13.0 Å². The van der Waals surface area contributed by atoms with Crippen LogP contribution in [0.3, 0.4) is 0 Å². The minimum absolute atomic E-state index is 0.0817. The number of ether oxygens (including phenoxy) is 3. The van der Waals surface area contributed by atoms with Gasteiger partial charge < -0.3 is 19.5 Å². The van der Waals surface area contributed by atoms with Gasteiger partial charge >= 0.3 is 11.9 Å². The molecule has 0 spiro atoms. The number of halogens is 2. The Balaban J connectivity index is 2.17. The number of benzene rings is 2. The number of hydrogen-bond donors (Lipinski definition) is 1. The first kappa shape index (κ1) is 21.5. The molecule has 0 radical (unpaired) electrons. The molecule has 0 bridgehead atoms. The van der Waals surface area contributed by atoms with Crippen LogP contribution in [0.5, 0.6) is 5.75 Å². The smallest absolute Gasteiger partial charge is 0.337 e. The van der Waals surface area contributed by atoms with Gasteiger partial charge in [0, 0.05) is 10.7 Å². The van der Waals surface area contributed by atoms with Crippen molar-refractivity contribution in [2.24, 2.45) is 0 Å². The number of carbonyl (C=O) groups excluding carboxylic acids is 3. The molecular formula is C19H17Cl2NO6. The average molecular weight is 426 g/mol. The van der Waals surface area contributed by atoms with Gasteiger partial charge in [0.2, 0.25) is 0 Å². The molecule has 0 heterocycles. The van der Waals surface area contributed by atoms with Crippen molar-refractivity contribution in [2.75, 3.05) is 26.1 Å². The Labute approximate surface area is 171 Å². The normalized spacial score (nSPS) is 10.2. The number of nitrogens with one attached hydrogen (secondary N) is 1. The number of anilines is 1. The fourth-order valence-corrected chi connectivity index (χ4v) is 3.03. The van der Waals surface area contributed by atoms with Crippen molar-refractivity contribution in [2.45, 2.75) is 6.92 Å². The first-order valence-electron chi connectivity index (χ1n) is 7.95. The van der Waals surface area contributed by atoms with Gasteiger partial charge in [0.15, 0.2) is 6.61 Å². The Kier molecular flexibility index (Phi) is 7.25. The van der Waals surface area contributed by atoms with Crippen LogP contribution in [0.25, 0.3) is 0 Å². The molecule has 0 saturated heterocycles. The van der Waals surface area contributed by atoms with Gasteiger partial charge in [0.25, 0.3) is 5.91 Å². The maximum Gasteiger partial charge on any atom is 0.337 e. The monoisotopic (exact) mass is 425 g/mol. The maximum absolute atomic E-state index is 12.2. The molecule has 0 fully saturated rings. The molecular weight excluding hydrogens is 409 g/mol. The highest BCUT2D eigenvalue weighted by Crippen LogP contribution is 2.31. The zero-order valence-corrected chi connectivity index (χ0v) is 16.8. The standard InChI is InChI=1S/C19H17Cl2NO6/c1-10-4-13(20)8-15(21)17(10)28-9-16(23)22-14-6-11(18(24)26-2)5-12(7-14)19(25)27-3/h4-8H,9H2,1-3H3,(H,22,23). The molecule has 0 aliphatic carbocycles. The van der Waals surface area contributed by atoms with Crippen molar-refractivity contribution in [1.82, 2.24) is 0 Å². The van der Waals surface area contributed by atoms with Crippen molar-refractivity contribution in [3.8, 4) is 5.75 Å². The van der Waals surface area contributed by atoms with Crippen molar-refractivity contribution < 1.29 is 28.6 Å². The quantitative estimate of drug-likeness (QED) is 0.705. The number of hydrogen-bond acceptors (Lipinski definition) is 6. The van der Waals surface area contributed by atoms with Crippen LogP contribution in [-0.2, 0) is 14.3 Å². The van der Waals surface area contributed by atoms with E-state index in [1.165, 1.54) is 38.5 Å². The second kappa shape index (κ2) is 9.43. The average Bonchev–Trinajstić information content (AvgIpc) is 2.65. The Bertz CT molecular complexity index is 871. The van der Waals surface area contributed by atoms with E-state index in [0.29, 0.717) is 16.3 Å². The zero-order valence-electron chi connectivity index (χ0n) is 15.3. The summed E-state index contributed by atoms with van der Waals surface area (Å²) in [5.41, 5.74) is 1.04. The first-order valence-corrected chi connectivity index (χ1v) is 8.70. The summed E-state index contributed by atoms with van der Waals surface area (Å²) >= 11 is 12.0. The predicted octanol–water partition coefficient (Wildman–Crippen LogP) is 3.89. The van der Waals surface area contributed by atoms with Gasteiger partial charge in [-0.15, -0.1) is 0 Å². The molecule has 1 amide bonds. The summed E-state index contributed by atoms with van der Waals surface area (Å²) in [5, 5.41) is 3.28. The van der Waals surface area contributed by atoms with Crippen molar-refractivity contribution in [3.05, 3.63) is 57.1 Å². The van der Waals surface area contributed by atoms with Crippen LogP contribution in [0.1, 0.15) is 26.3 Å². The van der Waals surface area contributed by atoms with E-state index < -0.39 is 17.8 Å². The van der Waals surface area contributed by atoms with E-state index in [-0.39, 0.29) is 28.4 Å². The molecule has 9 heteroatoms. The molecule has 1 N–H and O–H groups in total. The number of esters is 2. The van der Waals surface area contributed by atoms with Gasteiger partial charge in [-0.05, 0) is 42.8 Å². The van der Waals surface area contributed by atoms with Crippen LogP contribution in [0, 0.1) is 6.92 Å². The summed E-state index contributed by atoms with van der Waals surface area (Å²) in [5.74, 6) is -1.52. The summed E-state index contributed by atoms with van der Waals surface area (Å²) in [4.78, 5) is 35.8. The number of aryl methyl sites for hydroxylation is 1. The summed E-state index contributed by atoms with van der Waals surface area (Å²) in [6, 6.07) is 7.21. The highest BCUT2D eigenvalue weighted by Gasteiger charge is 2.16. The maximum atomic E-state index is 12.2. The van der Waals surface area contributed by atoms with Gasteiger partial charge in [-0.25, -0.2) is 9.59 Å². The fraction of sp³-hybridized carbons (Fsp3) is 0.211. The second-order valence-electron chi connectivity index (χ2n) is 5.65. The summed E-state index contributed by atoms with van der Waals surface area (Å²) < 4.78 is 14.8. The molecule has 148 valence electrons. The Morgan fingerprint density at radius 1 is 0.929 bits per heavy atom. The molecule has 2 aromatic carbocycles. The van der Waals surface area contributed by atoms with E-state index in [4.69, 9.17) is 27.9 Å². The van der Waals surface area contributed by atoms with Gasteiger partial charge in [0.05, 0.1) is 30.4 Å². The summed E-state index contributed by atoms with van der Waals surface area (Å²) in [7, 11) is 2.41. The van der Waals surface area contributed by atoms with Crippen LogP contribution in [0.2, 0.25) is 10.0 Å².